The molecule has 0 unspecified atom stereocenters. The first-order valence-corrected chi connectivity index (χ1v) is 11.2. The highest BCUT2D eigenvalue weighted by atomic mass is 32.2. The number of carbonyl (C=O) groups is 1. The van der Waals surface area contributed by atoms with Gasteiger partial charge in [0.15, 0.2) is 0 Å². The van der Waals surface area contributed by atoms with E-state index in [-0.39, 0.29) is 17.2 Å². The summed E-state index contributed by atoms with van der Waals surface area (Å²) < 4.78 is 31.2. The molecule has 0 aliphatic heterocycles. The number of hydrogen-bond donors (Lipinski definition) is 1. The molecule has 29 heavy (non-hydrogen) atoms. The molecule has 0 aromatic heterocycles. The third-order valence-electron chi connectivity index (χ3n) is 4.71. The van der Waals surface area contributed by atoms with Crippen molar-refractivity contribution in [2.75, 3.05) is 26.5 Å². The normalized spacial score (nSPS) is 11.5. The van der Waals surface area contributed by atoms with Crippen LogP contribution in [0.4, 0.5) is 5.69 Å². The van der Waals surface area contributed by atoms with Crippen molar-refractivity contribution >= 4 is 21.6 Å². The smallest absolute Gasteiger partial charge is 0.242 e. The zero-order valence-corrected chi connectivity index (χ0v) is 18.4. The molecule has 1 N–H and O–H groups in total. The number of benzene rings is 2. The molecule has 0 saturated heterocycles. The molecule has 0 bridgehead atoms. The largest absolute Gasteiger partial charge is 0.496 e. The van der Waals surface area contributed by atoms with Crippen LogP contribution in [0.5, 0.6) is 5.75 Å². The van der Waals surface area contributed by atoms with Crippen molar-refractivity contribution in [2.45, 2.75) is 43.9 Å². The van der Waals surface area contributed by atoms with Gasteiger partial charge in [-0.05, 0) is 60.7 Å². The summed E-state index contributed by atoms with van der Waals surface area (Å²) >= 11 is 0. The van der Waals surface area contributed by atoms with E-state index in [4.69, 9.17) is 4.74 Å². The lowest BCUT2D eigenvalue weighted by Gasteiger charge is -2.14. The van der Waals surface area contributed by atoms with Gasteiger partial charge in [-0.3, -0.25) is 4.79 Å². The van der Waals surface area contributed by atoms with Crippen LogP contribution in [-0.2, 0) is 27.7 Å². The average molecular weight is 419 g/mol. The minimum Gasteiger partial charge on any atom is -0.496 e. The molecule has 0 heterocycles. The second kappa shape index (κ2) is 10.4. The first-order chi connectivity index (χ1) is 13.8. The van der Waals surface area contributed by atoms with Gasteiger partial charge in [0.1, 0.15) is 5.75 Å². The molecule has 1 amide bonds. The zero-order valence-electron chi connectivity index (χ0n) is 17.6. The highest BCUT2D eigenvalue weighted by molar-refractivity contribution is 7.89. The minimum atomic E-state index is -3.55. The number of methoxy groups -OCH3 is 1. The van der Waals surface area contributed by atoms with Crippen LogP contribution in [0.15, 0.2) is 47.4 Å². The summed E-state index contributed by atoms with van der Waals surface area (Å²) in [5.74, 6) is 0.435. The number of carbonyl (C=O) groups excluding carboxylic acids is 1. The Morgan fingerprint density at radius 3 is 2.34 bits per heavy atom. The fourth-order valence-electron chi connectivity index (χ4n) is 2.93. The lowest BCUT2D eigenvalue weighted by Crippen LogP contribution is -2.22. The third-order valence-corrected chi connectivity index (χ3v) is 6.52. The molecule has 0 fully saturated rings. The van der Waals surface area contributed by atoms with Crippen molar-refractivity contribution in [3.63, 3.8) is 0 Å². The molecule has 2 aromatic rings. The maximum absolute atomic E-state index is 12.4. The van der Waals surface area contributed by atoms with Gasteiger partial charge in [0, 0.05) is 26.2 Å². The number of nitrogens with zero attached hydrogens (tertiary/aromatic N) is 1. The number of unbranched alkanes of at least 4 members (excludes halogenated alkanes) is 1. The summed E-state index contributed by atoms with van der Waals surface area (Å²) in [5.41, 5.74) is 2.69. The summed E-state index contributed by atoms with van der Waals surface area (Å²) in [7, 11) is 0.954. The van der Waals surface area contributed by atoms with Gasteiger partial charge >= 0.3 is 0 Å². The molecule has 2 rings (SSSR count). The lowest BCUT2D eigenvalue weighted by atomic mass is 10.1. The van der Waals surface area contributed by atoms with Gasteiger partial charge in [0.2, 0.25) is 15.9 Å². The van der Waals surface area contributed by atoms with E-state index in [0.29, 0.717) is 17.7 Å². The van der Waals surface area contributed by atoms with Crippen LogP contribution in [0.25, 0.3) is 0 Å². The number of hydrogen-bond acceptors (Lipinski definition) is 4. The Hall–Kier alpha value is -2.38. The number of sulfonamides is 1. The molecule has 0 saturated carbocycles. The zero-order chi connectivity index (χ0) is 21.4. The van der Waals surface area contributed by atoms with Crippen molar-refractivity contribution in [3.05, 3.63) is 53.6 Å². The number of nitrogens with one attached hydrogen (secondary N) is 1. The fraction of sp³-hybridized carbons (Fsp3) is 0.409. The average Bonchev–Trinajstić information content (AvgIpc) is 2.71. The minimum absolute atomic E-state index is 0.130. The Kier molecular flexibility index (Phi) is 8.22. The van der Waals surface area contributed by atoms with Gasteiger partial charge < -0.3 is 10.1 Å². The summed E-state index contributed by atoms with van der Waals surface area (Å²) in [6, 6.07) is 12.6. The molecule has 0 aliphatic carbocycles. The SMILES string of the molecule is CCCCc1ccc(NC(=O)CCc2cc(S(=O)(=O)N(C)C)ccc2OC)cc1. The monoisotopic (exact) mass is 418 g/mol. The van der Waals surface area contributed by atoms with Crippen LogP contribution in [0.3, 0.4) is 0 Å². The van der Waals surface area contributed by atoms with Gasteiger partial charge in [0.05, 0.1) is 12.0 Å². The van der Waals surface area contributed by atoms with Gasteiger partial charge in [-0.15, -0.1) is 0 Å². The number of ether oxygens (including phenoxy) is 1. The highest BCUT2D eigenvalue weighted by Crippen LogP contribution is 2.25. The Labute approximate surface area is 173 Å². The van der Waals surface area contributed by atoms with E-state index in [1.54, 1.807) is 12.1 Å². The first-order valence-electron chi connectivity index (χ1n) is 9.76. The predicted octanol–water partition coefficient (Wildman–Crippen LogP) is 3.86. The van der Waals surface area contributed by atoms with E-state index in [1.807, 2.05) is 24.3 Å². The Morgan fingerprint density at radius 1 is 1.07 bits per heavy atom. The quantitative estimate of drug-likeness (QED) is 0.636. The Balaban J connectivity index is 2.03. The van der Waals surface area contributed by atoms with E-state index in [9.17, 15) is 13.2 Å². The molecular formula is C22H30N2O4S. The number of amides is 1. The molecule has 0 aliphatic rings. The number of aryl methyl sites for hydroxylation is 2. The van der Waals surface area contributed by atoms with E-state index >= 15 is 0 Å². The third kappa shape index (κ3) is 6.30. The van der Waals surface area contributed by atoms with Crippen molar-refractivity contribution in [1.82, 2.24) is 4.31 Å². The van der Waals surface area contributed by atoms with Crippen LogP contribution >= 0.6 is 0 Å². The van der Waals surface area contributed by atoms with E-state index < -0.39 is 10.0 Å². The molecule has 2 aromatic carbocycles. The molecular weight excluding hydrogens is 388 g/mol. The summed E-state index contributed by atoms with van der Waals surface area (Å²) in [5, 5.41) is 2.89. The van der Waals surface area contributed by atoms with Crippen molar-refractivity contribution < 1.29 is 17.9 Å². The van der Waals surface area contributed by atoms with E-state index in [1.165, 1.54) is 32.8 Å². The Morgan fingerprint density at radius 2 is 1.76 bits per heavy atom. The van der Waals surface area contributed by atoms with Gasteiger partial charge in [0.25, 0.3) is 0 Å². The molecule has 0 radical (unpaired) electrons. The molecule has 0 atom stereocenters. The number of anilines is 1. The molecule has 0 spiro atoms. The van der Waals surface area contributed by atoms with Crippen LogP contribution in [0.1, 0.15) is 37.3 Å². The van der Waals surface area contributed by atoms with E-state index in [0.717, 1.165) is 29.3 Å². The maximum Gasteiger partial charge on any atom is 0.242 e. The second-order valence-electron chi connectivity index (χ2n) is 7.11. The van der Waals surface area contributed by atoms with Crippen LogP contribution in [0, 0.1) is 0 Å². The number of rotatable bonds is 10. The lowest BCUT2D eigenvalue weighted by molar-refractivity contribution is -0.116. The van der Waals surface area contributed by atoms with Crippen LogP contribution in [0.2, 0.25) is 0 Å². The molecule has 7 heteroatoms. The van der Waals surface area contributed by atoms with Crippen molar-refractivity contribution in [1.29, 1.82) is 0 Å². The molecule has 6 nitrogen and oxygen atoms in total. The fourth-order valence-corrected chi connectivity index (χ4v) is 3.88. The van der Waals surface area contributed by atoms with Crippen molar-refractivity contribution in [3.8, 4) is 5.75 Å². The molecule has 158 valence electrons. The van der Waals surface area contributed by atoms with Crippen LogP contribution in [-0.4, -0.2) is 39.8 Å². The van der Waals surface area contributed by atoms with Crippen molar-refractivity contribution in [2.24, 2.45) is 0 Å². The summed E-state index contributed by atoms with van der Waals surface area (Å²) in [6.07, 6.45) is 3.94. The van der Waals surface area contributed by atoms with Gasteiger partial charge in [-0.1, -0.05) is 25.5 Å². The van der Waals surface area contributed by atoms with Crippen LogP contribution < -0.4 is 10.1 Å². The summed E-state index contributed by atoms with van der Waals surface area (Å²) in [4.78, 5) is 12.5. The maximum atomic E-state index is 12.4. The summed E-state index contributed by atoms with van der Waals surface area (Å²) in [6.45, 7) is 2.16. The first kappa shape index (κ1) is 22.9. The predicted molar refractivity (Wildman–Crippen MR) is 116 cm³/mol. The topological polar surface area (TPSA) is 75.7 Å². The standard InChI is InChI=1S/C22H30N2O4S/c1-5-6-7-17-8-11-19(12-9-17)23-22(25)15-10-18-16-20(13-14-21(18)28-4)29(26,27)24(2)3/h8-9,11-14,16H,5-7,10,15H2,1-4H3,(H,23,25). The Bertz CT molecular complexity index is 922. The van der Waals surface area contributed by atoms with Gasteiger partial charge in [-0.25, -0.2) is 12.7 Å². The highest BCUT2D eigenvalue weighted by Gasteiger charge is 2.19. The van der Waals surface area contributed by atoms with Gasteiger partial charge in [-0.2, -0.15) is 0 Å². The van der Waals surface area contributed by atoms with E-state index in [2.05, 4.69) is 12.2 Å². The second-order valence-corrected chi connectivity index (χ2v) is 9.26.